The Morgan fingerprint density at radius 1 is 1.33 bits per heavy atom. The summed E-state index contributed by atoms with van der Waals surface area (Å²) < 4.78 is 0. The van der Waals surface area contributed by atoms with Crippen LogP contribution in [0.1, 0.15) is 59.8 Å². The van der Waals surface area contributed by atoms with Crippen LogP contribution in [0.15, 0.2) is 0 Å². The first kappa shape index (κ1) is 15.4. The van der Waals surface area contributed by atoms with Crippen LogP contribution >= 0.6 is 0 Å². The molecule has 0 aromatic heterocycles. The standard InChI is InChI=1S/C14H29N3O/c1-5-7-11(2)16-14(18)10-15-17-12(3)8-6-9-13(17)4/h11-13,15H,5-10H2,1-4H3,(H,16,18). The first-order chi connectivity index (χ1) is 8.54. The molecule has 0 saturated carbocycles. The fourth-order valence-corrected chi connectivity index (χ4v) is 2.73. The molecule has 1 amide bonds. The van der Waals surface area contributed by atoms with Crippen LogP contribution in [0.2, 0.25) is 0 Å². The third-order valence-electron chi connectivity index (χ3n) is 3.74. The summed E-state index contributed by atoms with van der Waals surface area (Å²) in [6.45, 7) is 9.04. The van der Waals surface area contributed by atoms with Gasteiger partial charge in [-0.3, -0.25) is 4.79 Å². The van der Waals surface area contributed by atoms with Gasteiger partial charge in [0, 0.05) is 18.1 Å². The molecule has 0 bridgehead atoms. The van der Waals surface area contributed by atoms with Crippen LogP contribution in [0.5, 0.6) is 0 Å². The maximum Gasteiger partial charge on any atom is 0.235 e. The molecule has 1 rings (SSSR count). The molecule has 0 radical (unpaired) electrons. The molecule has 106 valence electrons. The molecule has 3 atom stereocenters. The summed E-state index contributed by atoms with van der Waals surface area (Å²) in [6.07, 6.45) is 5.87. The average molecular weight is 255 g/mol. The Labute approximate surface area is 111 Å². The number of hydrazine groups is 1. The molecular weight excluding hydrogens is 226 g/mol. The summed E-state index contributed by atoms with van der Waals surface area (Å²) >= 11 is 0. The molecule has 1 aliphatic rings. The van der Waals surface area contributed by atoms with Crippen LogP contribution in [0.4, 0.5) is 0 Å². The van der Waals surface area contributed by atoms with E-state index in [2.05, 4.69) is 43.4 Å². The quantitative estimate of drug-likeness (QED) is 0.763. The second-order valence-corrected chi connectivity index (χ2v) is 5.63. The van der Waals surface area contributed by atoms with Gasteiger partial charge in [-0.15, -0.1) is 0 Å². The molecule has 1 heterocycles. The Kier molecular flexibility index (Phi) is 6.65. The van der Waals surface area contributed by atoms with E-state index in [0.717, 1.165) is 12.8 Å². The zero-order valence-corrected chi connectivity index (χ0v) is 12.3. The summed E-state index contributed by atoms with van der Waals surface area (Å²) in [6, 6.07) is 1.32. The van der Waals surface area contributed by atoms with Crippen LogP contribution in [-0.4, -0.2) is 35.6 Å². The number of hydrogen-bond acceptors (Lipinski definition) is 3. The van der Waals surface area contributed by atoms with Crippen LogP contribution < -0.4 is 10.7 Å². The average Bonchev–Trinajstić information content (AvgIpc) is 2.28. The van der Waals surface area contributed by atoms with Gasteiger partial charge in [0.25, 0.3) is 0 Å². The van der Waals surface area contributed by atoms with Crippen LogP contribution in [-0.2, 0) is 4.79 Å². The Balaban J connectivity index is 2.28. The van der Waals surface area contributed by atoms with E-state index < -0.39 is 0 Å². The molecule has 0 spiro atoms. The van der Waals surface area contributed by atoms with Gasteiger partial charge >= 0.3 is 0 Å². The Bertz CT molecular complexity index is 247. The first-order valence-electron chi connectivity index (χ1n) is 7.35. The predicted molar refractivity (Wildman–Crippen MR) is 75.1 cm³/mol. The lowest BCUT2D eigenvalue weighted by Gasteiger charge is -2.39. The number of amides is 1. The van der Waals surface area contributed by atoms with E-state index >= 15 is 0 Å². The van der Waals surface area contributed by atoms with E-state index in [1.807, 2.05) is 0 Å². The zero-order valence-electron chi connectivity index (χ0n) is 12.3. The maximum absolute atomic E-state index is 11.8. The molecule has 0 aromatic rings. The van der Waals surface area contributed by atoms with Gasteiger partial charge in [-0.1, -0.05) is 19.8 Å². The van der Waals surface area contributed by atoms with Crippen molar-refractivity contribution in [1.29, 1.82) is 0 Å². The van der Waals surface area contributed by atoms with Gasteiger partial charge in [0.05, 0.1) is 6.54 Å². The molecule has 4 nitrogen and oxygen atoms in total. The van der Waals surface area contributed by atoms with E-state index in [1.54, 1.807) is 0 Å². The minimum Gasteiger partial charge on any atom is -0.352 e. The van der Waals surface area contributed by atoms with Gasteiger partial charge in [-0.2, -0.15) is 0 Å². The number of rotatable bonds is 6. The van der Waals surface area contributed by atoms with Gasteiger partial charge in [0.2, 0.25) is 5.91 Å². The van der Waals surface area contributed by atoms with Crippen LogP contribution in [0.3, 0.4) is 0 Å². The summed E-state index contributed by atoms with van der Waals surface area (Å²) in [5.41, 5.74) is 3.29. The van der Waals surface area contributed by atoms with E-state index in [1.165, 1.54) is 19.3 Å². The van der Waals surface area contributed by atoms with Crippen molar-refractivity contribution in [1.82, 2.24) is 15.8 Å². The van der Waals surface area contributed by atoms with Gasteiger partial charge in [-0.25, -0.2) is 10.4 Å². The van der Waals surface area contributed by atoms with Gasteiger partial charge in [0.1, 0.15) is 0 Å². The number of carbonyl (C=O) groups is 1. The summed E-state index contributed by atoms with van der Waals surface area (Å²) in [7, 11) is 0. The van der Waals surface area contributed by atoms with Crippen molar-refractivity contribution in [2.75, 3.05) is 6.54 Å². The highest BCUT2D eigenvalue weighted by Crippen LogP contribution is 2.19. The lowest BCUT2D eigenvalue weighted by molar-refractivity contribution is -0.122. The van der Waals surface area contributed by atoms with Gasteiger partial charge in [-0.05, 0) is 40.0 Å². The minimum absolute atomic E-state index is 0.0981. The lowest BCUT2D eigenvalue weighted by Crippen LogP contribution is -2.54. The maximum atomic E-state index is 11.8. The smallest absolute Gasteiger partial charge is 0.235 e. The second kappa shape index (κ2) is 7.74. The van der Waals surface area contributed by atoms with Crippen molar-refractivity contribution in [2.45, 2.75) is 77.9 Å². The van der Waals surface area contributed by atoms with E-state index in [4.69, 9.17) is 0 Å². The normalized spacial score (nSPS) is 26.9. The zero-order chi connectivity index (χ0) is 13.5. The Hall–Kier alpha value is -0.610. The van der Waals surface area contributed by atoms with Crippen LogP contribution in [0, 0.1) is 0 Å². The Morgan fingerprint density at radius 3 is 2.50 bits per heavy atom. The number of carbonyl (C=O) groups excluding carboxylic acids is 1. The number of nitrogens with one attached hydrogen (secondary N) is 2. The summed E-state index contributed by atoms with van der Waals surface area (Å²) in [4.78, 5) is 11.8. The third-order valence-corrected chi connectivity index (χ3v) is 3.74. The molecule has 1 aliphatic heterocycles. The highest BCUT2D eigenvalue weighted by molar-refractivity contribution is 5.78. The monoisotopic (exact) mass is 255 g/mol. The molecule has 1 saturated heterocycles. The fourth-order valence-electron chi connectivity index (χ4n) is 2.73. The number of hydrogen-bond donors (Lipinski definition) is 2. The number of piperidine rings is 1. The molecule has 0 aliphatic carbocycles. The molecule has 1 fully saturated rings. The number of nitrogens with zero attached hydrogens (tertiary/aromatic N) is 1. The van der Waals surface area contributed by atoms with Gasteiger partial charge < -0.3 is 5.32 Å². The molecule has 0 aromatic carbocycles. The third kappa shape index (κ3) is 4.94. The minimum atomic E-state index is 0.0981. The molecule has 3 unspecified atom stereocenters. The first-order valence-corrected chi connectivity index (χ1v) is 7.35. The Morgan fingerprint density at radius 2 is 1.94 bits per heavy atom. The molecule has 4 heteroatoms. The fraction of sp³-hybridized carbons (Fsp3) is 0.929. The van der Waals surface area contributed by atoms with Crippen molar-refractivity contribution < 1.29 is 4.79 Å². The van der Waals surface area contributed by atoms with Crippen molar-refractivity contribution in [3.05, 3.63) is 0 Å². The van der Waals surface area contributed by atoms with Crippen LogP contribution in [0.25, 0.3) is 0 Å². The highest BCUT2D eigenvalue weighted by Gasteiger charge is 2.24. The lowest BCUT2D eigenvalue weighted by atomic mass is 10.00. The van der Waals surface area contributed by atoms with E-state index in [-0.39, 0.29) is 11.9 Å². The van der Waals surface area contributed by atoms with E-state index in [9.17, 15) is 4.79 Å². The summed E-state index contributed by atoms with van der Waals surface area (Å²) in [5.74, 6) is 0.0981. The molecule has 2 N–H and O–H groups in total. The molecular formula is C14H29N3O. The summed E-state index contributed by atoms with van der Waals surface area (Å²) in [5, 5.41) is 5.27. The highest BCUT2D eigenvalue weighted by atomic mass is 16.2. The topological polar surface area (TPSA) is 44.4 Å². The van der Waals surface area contributed by atoms with Crippen molar-refractivity contribution >= 4 is 5.91 Å². The van der Waals surface area contributed by atoms with Crippen molar-refractivity contribution in [3.63, 3.8) is 0 Å². The van der Waals surface area contributed by atoms with Crippen molar-refractivity contribution in [3.8, 4) is 0 Å². The SMILES string of the molecule is CCCC(C)NC(=O)CNN1C(C)CCCC1C. The molecule has 18 heavy (non-hydrogen) atoms. The van der Waals surface area contributed by atoms with Crippen molar-refractivity contribution in [2.24, 2.45) is 0 Å². The predicted octanol–water partition coefficient (Wildman–Crippen LogP) is 2.06. The largest absolute Gasteiger partial charge is 0.352 e. The van der Waals surface area contributed by atoms with Gasteiger partial charge in [0.15, 0.2) is 0 Å². The van der Waals surface area contributed by atoms with E-state index in [0.29, 0.717) is 18.6 Å². The second-order valence-electron chi connectivity index (χ2n) is 5.63.